The van der Waals surface area contributed by atoms with E-state index in [9.17, 15) is 4.79 Å². The van der Waals surface area contributed by atoms with E-state index in [1.807, 2.05) is 29.6 Å². The Morgan fingerprint density at radius 1 is 1.29 bits per heavy atom. The molecule has 3 aromatic rings. The molecule has 2 aromatic heterocycles. The Kier molecular flexibility index (Phi) is 4.08. The van der Waals surface area contributed by atoms with Crippen molar-refractivity contribution in [1.29, 1.82) is 0 Å². The van der Waals surface area contributed by atoms with Crippen LogP contribution in [-0.2, 0) is 11.3 Å². The molecule has 1 unspecified atom stereocenters. The van der Waals surface area contributed by atoms with E-state index in [-0.39, 0.29) is 11.9 Å². The number of hydrogen-bond donors (Lipinski definition) is 1. The third-order valence-corrected chi connectivity index (χ3v) is 5.03. The minimum Gasteiger partial charge on any atom is -0.348 e. The smallest absolute Gasteiger partial charge is 0.243 e. The summed E-state index contributed by atoms with van der Waals surface area (Å²) in [6.07, 6.45) is 5.14. The second kappa shape index (κ2) is 6.52. The maximum atomic E-state index is 12.6. The first-order chi connectivity index (χ1) is 11.8. The van der Waals surface area contributed by atoms with E-state index in [4.69, 9.17) is 0 Å². The van der Waals surface area contributed by atoms with Crippen molar-refractivity contribution in [2.75, 3.05) is 11.4 Å². The molecule has 0 spiro atoms. The number of carbonyl (C=O) groups is 1. The van der Waals surface area contributed by atoms with E-state index in [1.54, 1.807) is 23.9 Å². The van der Waals surface area contributed by atoms with Crippen LogP contribution in [0.15, 0.2) is 42.2 Å². The second-order valence-electron chi connectivity index (χ2n) is 5.71. The maximum absolute atomic E-state index is 12.6. The summed E-state index contributed by atoms with van der Waals surface area (Å²) in [5.41, 5.74) is 0.899. The lowest BCUT2D eigenvalue weighted by molar-refractivity contribution is -0.122. The Morgan fingerprint density at radius 2 is 2.21 bits per heavy atom. The fourth-order valence-corrected chi connectivity index (χ4v) is 3.69. The van der Waals surface area contributed by atoms with Gasteiger partial charge in [-0.15, -0.1) is 11.3 Å². The maximum Gasteiger partial charge on any atom is 0.243 e. The highest BCUT2D eigenvalue weighted by atomic mass is 32.1. The van der Waals surface area contributed by atoms with E-state index in [1.165, 1.54) is 0 Å². The molecule has 0 aliphatic carbocycles. The number of nitrogens with zero attached hydrogens (tertiary/aromatic N) is 4. The molecular formula is C17H17N5OS. The minimum atomic E-state index is -0.191. The number of anilines is 1. The van der Waals surface area contributed by atoms with Gasteiger partial charge in [0.2, 0.25) is 5.91 Å². The molecule has 1 aliphatic heterocycles. The largest absolute Gasteiger partial charge is 0.348 e. The number of aromatic nitrogens is 3. The summed E-state index contributed by atoms with van der Waals surface area (Å²) in [6, 6.07) is 7.72. The van der Waals surface area contributed by atoms with Gasteiger partial charge in [-0.3, -0.25) is 4.79 Å². The first-order valence-electron chi connectivity index (χ1n) is 7.95. The van der Waals surface area contributed by atoms with Crippen molar-refractivity contribution >= 4 is 34.0 Å². The average Bonchev–Trinajstić information content (AvgIpc) is 3.31. The molecule has 1 N–H and O–H groups in total. The summed E-state index contributed by atoms with van der Waals surface area (Å²) < 4.78 is 0. The number of hydrogen-bond acceptors (Lipinski definition) is 6. The number of rotatable bonds is 4. The molecule has 1 amide bonds. The Hall–Kier alpha value is -2.54. The lowest BCUT2D eigenvalue weighted by Crippen LogP contribution is -2.43. The number of carbonyl (C=O) groups excluding carboxylic acids is 1. The lowest BCUT2D eigenvalue weighted by atomic mass is 10.2. The van der Waals surface area contributed by atoms with Gasteiger partial charge in [0.05, 0.1) is 12.1 Å². The number of fused-ring (bicyclic) bond motifs is 1. The number of thiazole rings is 1. The van der Waals surface area contributed by atoms with Crippen molar-refractivity contribution in [2.45, 2.75) is 25.4 Å². The molecule has 6 nitrogen and oxygen atoms in total. The standard InChI is InChI=1S/C17H17N5OS/c23-17(19-10-15-18-7-9-24-15)14-6-3-8-22(14)16-12-4-1-2-5-13(12)20-11-21-16/h1-2,4-5,7,9,11,14H,3,6,8,10H2,(H,19,23). The molecule has 1 saturated heterocycles. The van der Waals surface area contributed by atoms with E-state index in [2.05, 4.69) is 25.2 Å². The molecule has 0 radical (unpaired) electrons. The Bertz CT molecular complexity index is 846. The zero-order valence-electron chi connectivity index (χ0n) is 13.1. The Morgan fingerprint density at radius 3 is 3.08 bits per heavy atom. The van der Waals surface area contributed by atoms with Crippen LogP contribution in [0, 0.1) is 0 Å². The van der Waals surface area contributed by atoms with Crippen molar-refractivity contribution in [1.82, 2.24) is 20.3 Å². The molecule has 24 heavy (non-hydrogen) atoms. The molecule has 1 aliphatic rings. The van der Waals surface area contributed by atoms with E-state index < -0.39 is 0 Å². The highest BCUT2D eigenvalue weighted by Gasteiger charge is 2.32. The van der Waals surface area contributed by atoms with Crippen LogP contribution in [0.5, 0.6) is 0 Å². The lowest BCUT2D eigenvalue weighted by Gasteiger charge is -2.25. The van der Waals surface area contributed by atoms with Crippen LogP contribution >= 0.6 is 11.3 Å². The molecular weight excluding hydrogens is 322 g/mol. The van der Waals surface area contributed by atoms with Crippen molar-refractivity contribution in [3.63, 3.8) is 0 Å². The van der Waals surface area contributed by atoms with Gasteiger partial charge in [0, 0.05) is 23.5 Å². The predicted octanol–water partition coefficient (Wildman–Crippen LogP) is 2.37. The highest BCUT2D eigenvalue weighted by molar-refractivity contribution is 7.09. The van der Waals surface area contributed by atoms with Gasteiger partial charge >= 0.3 is 0 Å². The number of para-hydroxylation sites is 1. The van der Waals surface area contributed by atoms with Gasteiger partial charge in [0.25, 0.3) is 0 Å². The quantitative estimate of drug-likeness (QED) is 0.790. The average molecular weight is 339 g/mol. The van der Waals surface area contributed by atoms with Gasteiger partial charge in [-0.25, -0.2) is 15.0 Å². The Balaban J connectivity index is 1.56. The predicted molar refractivity (Wildman–Crippen MR) is 93.9 cm³/mol. The van der Waals surface area contributed by atoms with E-state index in [0.717, 1.165) is 41.1 Å². The van der Waals surface area contributed by atoms with Gasteiger partial charge in [-0.2, -0.15) is 0 Å². The summed E-state index contributed by atoms with van der Waals surface area (Å²) >= 11 is 1.55. The molecule has 3 heterocycles. The normalized spacial score (nSPS) is 17.3. The van der Waals surface area contributed by atoms with Gasteiger partial charge in [0.1, 0.15) is 23.2 Å². The summed E-state index contributed by atoms with van der Waals surface area (Å²) in [6.45, 7) is 1.31. The third kappa shape index (κ3) is 2.82. The van der Waals surface area contributed by atoms with Crippen molar-refractivity contribution in [3.8, 4) is 0 Å². The zero-order chi connectivity index (χ0) is 16.4. The van der Waals surface area contributed by atoms with Crippen LogP contribution in [0.1, 0.15) is 17.8 Å². The molecule has 122 valence electrons. The topological polar surface area (TPSA) is 71.0 Å². The molecule has 1 aromatic carbocycles. The van der Waals surface area contributed by atoms with Crippen LogP contribution in [0.3, 0.4) is 0 Å². The van der Waals surface area contributed by atoms with Crippen LogP contribution in [0.25, 0.3) is 10.9 Å². The van der Waals surface area contributed by atoms with Crippen LogP contribution in [-0.4, -0.2) is 33.4 Å². The summed E-state index contributed by atoms with van der Waals surface area (Å²) in [4.78, 5) is 27.7. The molecule has 4 rings (SSSR count). The molecule has 0 saturated carbocycles. The summed E-state index contributed by atoms with van der Waals surface area (Å²) in [7, 11) is 0. The molecule has 1 fully saturated rings. The monoisotopic (exact) mass is 339 g/mol. The van der Waals surface area contributed by atoms with Crippen LogP contribution in [0.4, 0.5) is 5.82 Å². The van der Waals surface area contributed by atoms with Gasteiger partial charge < -0.3 is 10.2 Å². The molecule has 7 heteroatoms. The van der Waals surface area contributed by atoms with Crippen LogP contribution < -0.4 is 10.2 Å². The third-order valence-electron chi connectivity index (χ3n) is 4.25. The zero-order valence-corrected chi connectivity index (χ0v) is 13.9. The van der Waals surface area contributed by atoms with Gasteiger partial charge in [-0.1, -0.05) is 12.1 Å². The van der Waals surface area contributed by atoms with Gasteiger partial charge in [-0.05, 0) is 25.0 Å². The van der Waals surface area contributed by atoms with Crippen LogP contribution in [0.2, 0.25) is 0 Å². The molecule has 1 atom stereocenters. The van der Waals surface area contributed by atoms with Crippen molar-refractivity contribution < 1.29 is 4.79 Å². The number of amides is 1. The number of nitrogens with one attached hydrogen (secondary N) is 1. The summed E-state index contributed by atoms with van der Waals surface area (Å²) in [5.74, 6) is 0.873. The number of benzene rings is 1. The van der Waals surface area contributed by atoms with Crippen molar-refractivity contribution in [3.05, 3.63) is 47.2 Å². The van der Waals surface area contributed by atoms with Gasteiger partial charge in [0.15, 0.2) is 0 Å². The first kappa shape index (κ1) is 15.0. The first-order valence-corrected chi connectivity index (χ1v) is 8.83. The van der Waals surface area contributed by atoms with E-state index >= 15 is 0 Å². The highest BCUT2D eigenvalue weighted by Crippen LogP contribution is 2.29. The second-order valence-corrected chi connectivity index (χ2v) is 6.69. The fraction of sp³-hybridized carbons (Fsp3) is 0.294. The minimum absolute atomic E-state index is 0.0328. The Labute approximate surface area is 143 Å². The van der Waals surface area contributed by atoms with Crippen molar-refractivity contribution in [2.24, 2.45) is 0 Å². The summed E-state index contributed by atoms with van der Waals surface area (Å²) in [5, 5.41) is 6.81. The fourth-order valence-electron chi connectivity index (χ4n) is 3.13. The van der Waals surface area contributed by atoms with E-state index in [0.29, 0.717) is 6.54 Å². The molecule has 0 bridgehead atoms. The SMILES string of the molecule is O=C(NCc1nccs1)C1CCCN1c1ncnc2ccccc12.